The maximum absolute atomic E-state index is 4.53. The molecule has 0 saturated heterocycles. The summed E-state index contributed by atoms with van der Waals surface area (Å²) in [6.45, 7) is 0. The third-order valence-corrected chi connectivity index (χ3v) is 3.34. The zero-order chi connectivity index (χ0) is 14.7. The summed E-state index contributed by atoms with van der Waals surface area (Å²) in [6, 6.07) is 16.4. The van der Waals surface area contributed by atoms with Crippen molar-refractivity contribution in [1.29, 1.82) is 0 Å². The lowest BCUT2D eigenvalue weighted by atomic mass is 10.2. The zero-order valence-corrected chi connectivity index (χ0v) is 12.2. The molecule has 3 heteroatoms. The van der Waals surface area contributed by atoms with Gasteiger partial charge < -0.3 is 4.90 Å². The molecule has 0 amide bonds. The fourth-order valence-corrected chi connectivity index (χ4v) is 2.12. The van der Waals surface area contributed by atoms with Crippen LogP contribution in [0.5, 0.6) is 0 Å². The Morgan fingerprint density at radius 3 is 2.43 bits per heavy atom. The van der Waals surface area contributed by atoms with Crippen LogP contribution in [-0.4, -0.2) is 24.1 Å². The molecule has 0 fully saturated rings. The van der Waals surface area contributed by atoms with Gasteiger partial charge in [0, 0.05) is 31.4 Å². The van der Waals surface area contributed by atoms with Crippen LogP contribution in [0.3, 0.4) is 0 Å². The van der Waals surface area contributed by atoms with E-state index >= 15 is 0 Å². The molecule has 104 valence electrons. The molecule has 0 aliphatic carbocycles. The Labute approximate surface area is 124 Å². The van der Waals surface area contributed by atoms with Crippen LogP contribution in [0.15, 0.2) is 54.7 Å². The number of rotatable bonds is 3. The highest BCUT2D eigenvalue weighted by atomic mass is 15.1. The van der Waals surface area contributed by atoms with Gasteiger partial charge in [-0.3, -0.25) is 0 Å². The van der Waals surface area contributed by atoms with E-state index in [4.69, 9.17) is 0 Å². The smallest absolute Gasteiger partial charge is 0.152 e. The maximum Gasteiger partial charge on any atom is 0.152 e. The third-order valence-electron chi connectivity index (χ3n) is 3.34. The van der Waals surface area contributed by atoms with Crippen molar-refractivity contribution in [3.63, 3.8) is 0 Å². The second-order valence-corrected chi connectivity index (χ2v) is 5.11. The number of fused-ring (bicyclic) bond motifs is 1. The molecule has 0 radical (unpaired) electrons. The minimum atomic E-state index is 0.727. The number of nitrogens with zero attached hydrogens (tertiary/aromatic N) is 3. The van der Waals surface area contributed by atoms with Crippen molar-refractivity contribution in [2.75, 3.05) is 19.0 Å². The van der Waals surface area contributed by atoms with Gasteiger partial charge >= 0.3 is 0 Å². The Morgan fingerprint density at radius 2 is 1.67 bits per heavy atom. The molecular formula is C18H17N3. The van der Waals surface area contributed by atoms with E-state index in [1.807, 2.05) is 56.7 Å². The Bertz CT molecular complexity index is 774. The van der Waals surface area contributed by atoms with E-state index in [0.29, 0.717) is 0 Å². The van der Waals surface area contributed by atoms with Gasteiger partial charge in [0.2, 0.25) is 0 Å². The fraction of sp³-hybridized carbons (Fsp3) is 0.111. The van der Waals surface area contributed by atoms with E-state index < -0.39 is 0 Å². The monoisotopic (exact) mass is 275 g/mol. The number of aromatic nitrogens is 2. The summed E-state index contributed by atoms with van der Waals surface area (Å²) >= 11 is 0. The van der Waals surface area contributed by atoms with Crippen LogP contribution in [-0.2, 0) is 0 Å². The van der Waals surface area contributed by atoms with Crippen molar-refractivity contribution < 1.29 is 0 Å². The average molecular weight is 275 g/mol. The van der Waals surface area contributed by atoms with Crippen LogP contribution >= 0.6 is 0 Å². The minimum absolute atomic E-state index is 0.727. The van der Waals surface area contributed by atoms with Crippen molar-refractivity contribution in [1.82, 2.24) is 9.97 Å². The summed E-state index contributed by atoms with van der Waals surface area (Å²) in [5, 5.41) is 1.06. The van der Waals surface area contributed by atoms with Crippen LogP contribution in [0.4, 0.5) is 5.69 Å². The van der Waals surface area contributed by atoms with Crippen molar-refractivity contribution >= 4 is 28.7 Å². The van der Waals surface area contributed by atoms with Crippen LogP contribution in [0.1, 0.15) is 11.4 Å². The first kappa shape index (κ1) is 13.3. The van der Waals surface area contributed by atoms with Gasteiger partial charge in [-0.25, -0.2) is 9.97 Å². The van der Waals surface area contributed by atoms with E-state index in [-0.39, 0.29) is 0 Å². The highest BCUT2D eigenvalue weighted by Gasteiger charge is 1.97. The minimum Gasteiger partial charge on any atom is -0.378 e. The molecule has 3 rings (SSSR count). The van der Waals surface area contributed by atoms with Gasteiger partial charge in [-0.05, 0) is 29.8 Å². The quantitative estimate of drug-likeness (QED) is 0.726. The van der Waals surface area contributed by atoms with Gasteiger partial charge in [0.15, 0.2) is 5.82 Å². The molecule has 1 heterocycles. The van der Waals surface area contributed by atoms with E-state index in [0.717, 1.165) is 22.3 Å². The summed E-state index contributed by atoms with van der Waals surface area (Å²) in [5.41, 5.74) is 3.29. The number of anilines is 1. The summed E-state index contributed by atoms with van der Waals surface area (Å²) in [5.74, 6) is 0.727. The largest absolute Gasteiger partial charge is 0.378 e. The SMILES string of the molecule is CN(C)c1ccc(/C=C/c2ncc3ccccc3n2)cc1. The standard InChI is InChI=1S/C18H17N3/c1-21(2)16-10-7-14(8-11-16)9-12-18-19-13-15-5-3-4-6-17(15)20-18/h3-13H,1-2H3/b12-9+. The molecule has 0 unspecified atom stereocenters. The van der Waals surface area contributed by atoms with Crippen molar-refractivity contribution in [3.05, 3.63) is 66.1 Å². The maximum atomic E-state index is 4.53. The predicted molar refractivity (Wildman–Crippen MR) is 89.2 cm³/mol. The topological polar surface area (TPSA) is 29.0 Å². The summed E-state index contributed by atoms with van der Waals surface area (Å²) in [4.78, 5) is 11.0. The molecule has 0 aliphatic rings. The van der Waals surface area contributed by atoms with Crippen molar-refractivity contribution in [3.8, 4) is 0 Å². The molecule has 0 saturated carbocycles. The first-order valence-corrected chi connectivity index (χ1v) is 6.90. The Kier molecular flexibility index (Phi) is 3.65. The molecule has 0 bridgehead atoms. The molecule has 0 aliphatic heterocycles. The van der Waals surface area contributed by atoms with Gasteiger partial charge in [-0.1, -0.05) is 36.4 Å². The molecule has 1 aromatic heterocycles. The van der Waals surface area contributed by atoms with Crippen molar-refractivity contribution in [2.45, 2.75) is 0 Å². The highest BCUT2D eigenvalue weighted by molar-refractivity contribution is 5.79. The first-order chi connectivity index (χ1) is 10.2. The first-order valence-electron chi connectivity index (χ1n) is 6.90. The summed E-state index contributed by atoms with van der Waals surface area (Å²) in [7, 11) is 4.07. The Morgan fingerprint density at radius 1 is 0.905 bits per heavy atom. The van der Waals surface area contributed by atoms with E-state index in [1.165, 1.54) is 5.69 Å². The molecule has 21 heavy (non-hydrogen) atoms. The van der Waals surface area contributed by atoms with Crippen LogP contribution in [0.2, 0.25) is 0 Å². The lowest BCUT2D eigenvalue weighted by Gasteiger charge is -2.11. The second kappa shape index (κ2) is 5.75. The zero-order valence-electron chi connectivity index (χ0n) is 12.2. The number of hydrogen-bond donors (Lipinski definition) is 0. The molecule has 0 N–H and O–H groups in total. The predicted octanol–water partition coefficient (Wildman–Crippen LogP) is 3.87. The van der Waals surface area contributed by atoms with Crippen LogP contribution in [0.25, 0.3) is 23.1 Å². The highest BCUT2D eigenvalue weighted by Crippen LogP contribution is 2.15. The molecule has 3 nitrogen and oxygen atoms in total. The van der Waals surface area contributed by atoms with Crippen LogP contribution < -0.4 is 4.90 Å². The Balaban J connectivity index is 1.83. The fourth-order valence-electron chi connectivity index (χ4n) is 2.12. The molecule has 0 atom stereocenters. The van der Waals surface area contributed by atoms with Gasteiger partial charge in [-0.15, -0.1) is 0 Å². The lowest BCUT2D eigenvalue weighted by Crippen LogP contribution is -2.07. The second-order valence-electron chi connectivity index (χ2n) is 5.11. The van der Waals surface area contributed by atoms with Crippen molar-refractivity contribution in [2.24, 2.45) is 0 Å². The Hall–Kier alpha value is -2.68. The number of para-hydroxylation sites is 1. The summed E-state index contributed by atoms with van der Waals surface area (Å²) < 4.78 is 0. The number of benzene rings is 2. The van der Waals surface area contributed by atoms with E-state index in [9.17, 15) is 0 Å². The van der Waals surface area contributed by atoms with Crippen LogP contribution in [0, 0.1) is 0 Å². The van der Waals surface area contributed by atoms with E-state index in [1.54, 1.807) is 0 Å². The van der Waals surface area contributed by atoms with Gasteiger partial charge in [0.25, 0.3) is 0 Å². The van der Waals surface area contributed by atoms with Gasteiger partial charge in [-0.2, -0.15) is 0 Å². The molecule has 0 spiro atoms. The average Bonchev–Trinajstić information content (AvgIpc) is 2.53. The molecule has 3 aromatic rings. The number of hydrogen-bond acceptors (Lipinski definition) is 3. The molecule has 2 aromatic carbocycles. The lowest BCUT2D eigenvalue weighted by molar-refractivity contribution is 1.13. The molecular weight excluding hydrogens is 258 g/mol. The van der Waals surface area contributed by atoms with Gasteiger partial charge in [0.05, 0.1) is 5.52 Å². The third kappa shape index (κ3) is 3.08. The summed E-state index contributed by atoms with van der Waals surface area (Å²) in [6.07, 6.45) is 5.83. The van der Waals surface area contributed by atoms with E-state index in [2.05, 4.69) is 39.1 Å². The normalized spacial score (nSPS) is 11.1. The van der Waals surface area contributed by atoms with Gasteiger partial charge in [0.1, 0.15) is 0 Å².